The fourth-order valence-electron chi connectivity index (χ4n) is 4.08. The molecule has 0 aliphatic carbocycles. The molecule has 1 heterocycles. The Morgan fingerprint density at radius 2 is 1.52 bits per heavy atom. The molecule has 3 rings (SSSR count). The van der Waals surface area contributed by atoms with Crippen molar-refractivity contribution in [2.24, 2.45) is 11.8 Å². The first-order valence-electron chi connectivity index (χ1n) is 10.1. The number of nitrogens with one attached hydrogen (secondary N) is 1. The lowest BCUT2D eigenvalue weighted by Crippen LogP contribution is -2.38. The molecule has 1 fully saturated rings. The summed E-state index contributed by atoms with van der Waals surface area (Å²) >= 11 is 0. The van der Waals surface area contributed by atoms with Crippen molar-refractivity contribution in [2.45, 2.75) is 38.3 Å². The maximum absolute atomic E-state index is 12.3. The van der Waals surface area contributed by atoms with Gasteiger partial charge in [-0.1, -0.05) is 38.1 Å². The van der Waals surface area contributed by atoms with E-state index < -0.39 is 9.84 Å². The summed E-state index contributed by atoms with van der Waals surface area (Å²) in [7, 11) is -3.26. The van der Waals surface area contributed by atoms with Gasteiger partial charge in [0, 0.05) is 38.0 Å². The third kappa shape index (κ3) is 6.15. The van der Waals surface area contributed by atoms with Crippen LogP contribution < -0.4 is 5.32 Å². The molecule has 0 aromatic heterocycles. The minimum atomic E-state index is -3.26. The number of nitrogens with zero attached hydrogens (tertiary/aromatic N) is 1. The summed E-state index contributed by atoms with van der Waals surface area (Å²) in [6.45, 7) is 8.35. The summed E-state index contributed by atoms with van der Waals surface area (Å²) in [5, 5.41) is 2.89. The number of rotatable bonds is 6. The van der Waals surface area contributed by atoms with Gasteiger partial charge in [0.25, 0.3) is 5.91 Å². The molecule has 1 aliphatic heterocycles. The van der Waals surface area contributed by atoms with Crippen molar-refractivity contribution in [1.29, 1.82) is 0 Å². The summed E-state index contributed by atoms with van der Waals surface area (Å²) in [6.07, 6.45) is 2.46. The molecule has 2 unspecified atom stereocenters. The molecular formula is C23H30N2O3S. The van der Waals surface area contributed by atoms with Crippen molar-refractivity contribution in [3.8, 4) is 0 Å². The van der Waals surface area contributed by atoms with Crippen LogP contribution in [-0.4, -0.2) is 38.6 Å². The van der Waals surface area contributed by atoms with E-state index in [0.29, 0.717) is 12.1 Å². The molecule has 29 heavy (non-hydrogen) atoms. The zero-order valence-corrected chi connectivity index (χ0v) is 18.2. The molecule has 0 bridgehead atoms. The van der Waals surface area contributed by atoms with Gasteiger partial charge in [0.1, 0.15) is 0 Å². The number of sulfone groups is 1. The third-order valence-electron chi connectivity index (χ3n) is 5.37. The van der Waals surface area contributed by atoms with Gasteiger partial charge >= 0.3 is 0 Å². The first-order valence-corrected chi connectivity index (χ1v) is 12.0. The Bertz CT molecular complexity index is 927. The average molecular weight is 415 g/mol. The zero-order valence-electron chi connectivity index (χ0n) is 17.4. The highest BCUT2D eigenvalue weighted by molar-refractivity contribution is 7.90. The Morgan fingerprint density at radius 1 is 0.966 bits per heavy atom. The SMILES string of the molecule is CC1CC(C)CN(Cc2ccc(CNC(=O)c3ccc(S(C)(=O)=O)cc3)cc2)C1. The van der Waals surface area contributed by atoms with Gasteiger partial charge in [-0.05, 0) is 53.6 Å². The number of piperidine rings is 1. The number of benzene rings is 2. The van der Waals surface area contributed by atoms with E-state index in [2.05, 4.69) is 48.3 Å². The van der Waals surface area contributed by atoms with Gasteiger partial charge in [0.05, 0.1) is 4.90 Å². The standard InChI is InChI=1S/C23H30N2O3S/c1-17-12-18(2)15-25(14-17)16-20-6-4-19(5-7-20)13-24-23(26)21-8-10-22(11-9-21)29(3,27)28/h4-11,17-18H,12-16H2,1-3H3,(H,24,26). The van der Waals surface area contributed by atoms with Crippen molar-refractivity contribution in [2.75, 3.05) is 19.3 Å². The average Bonchev–Trinajstić information content (AvgIpc) is 2.66. The van der Waals surface area contributed by atoms with Crippen LogP contribution in [0.1, 0.15) is 41.8 Å². The summed E-state index contributed by atoms with van der Waals surface area (Å²) < 4.78 is 23.0. The van der Waals surface area contributed by atoms with Crippen LogP contribution in [0.4, 0.5) is 0 Å². The topological polar surface area (TPSA) is 66.5 Å². The number of likely N-dealkylation sites (tertiary alicyclic amines) is 1. The highest BCUT2D eigenvalue weighted by atomic mass is 32.2. The molecule has 2 atom stereocenters. The predicted molar refractivity (Wildman–Crippen MR) is 115 cm³/mol. The van der Waals surface area contributed by atoms with E-state index in [1.54, 1.807) is 0 Å². The van der Waals surface area contributed by atoms with E-state index in [4.69, 9.17) is 0 Å². The Hall–Kier alpha value is -2.18. The summed E-state index contributed by atoms with van der Waals surface area (Å²) in [5.41, 5.74) is 2.77. The normalized spacial score (nSPS) is 20.4. The van der Waals surface area contributed by atoms with E-state index in [0.717, 1.165) is 43.3 Å². The molecule has 0 saturated carbocycles. The predicted octanol–water partition coefficient (Wildman–Crippen LogP) is 3.50. The van der Waals surface area contributed by atoms with Gasteiger partial charge in [0.2, 0.25) is 0 Å². The van der Waals surface area contributed by atoms with Crippen LogP contribution >= 0.6 is 0 Å². The van der Waals surface area contributed by atoms with E-state index >= 15 is 0 Å². The molecule has 2 aromatic carbocycles. The molecule has 6 heteroatoms. The van der Waals surface area contributed by atoms with Gasteiger partial charge in [-0.3, -0.25) is 9.69 Å². The molecule has 1 amide bonds. The van der Waals surface area contributed by atoms with Crippen LogP contribution in [0.25, 0.3) is 0 Å². The number of carbonyl (C=O) groups is 1. The van der Waals surface area contributed by atoms with Crippen LogP contribution in [0, 0.1) is 11.8 Å². The summed E-state index contributed by atoms with van der Waals surface area (Å²) in [4.78, 5) is 15.0. The van der Waals surface area contributed by atoms with Crippen LogP contribution in [0.5, 0.6) is 0 Å². The molecule has 1 saturated heterocycles. The third-order valence-corrected chi connectivity index (χ3v) is 6.50. The fourth-order valence-corrected chi connectivity index (χ4v) is 4.71. The number of carbonyl (C=O) groups excluding carboxylic acids is 1. The summed E-state index contributed by atoms with van der Waals surface area (Å²) in [6, 6.07) is 14.4. The maximum Gasteiger partial charge on any atom is 0.251 e. The number of hydrogen-bond acceptors (Lipinski definition) is 4. The molecule has 1 N–H and O–H groups in total. The highest BCUT2D eigenvalue weighted by Crippen LogP contribution is 2.22. The van der Waals surface area contributed by atoms with Gasteiger partial charge < -0.3 is 5.32 Å². The van der Waals surface area contributed by atoms with Crippen molar-refractivity contribution >= 4 is 15.7 Å². The highest BCUT2D eigenvalue weighted by Gasteiger charge is 2.21. The lowest BCUT2D eigenvalue weighted by molar-refractivity contribution is 0.0951. The molecule has 0 spiro atoms. The number of hydrogen-bond donors (Lipinski definition) is 1. The molecule has 1 aliphatic rings. The van der Waals surface area contributed by atoms with Gasteiger partial charge in [-0.2, -0.15) is 0 Å². The second-order valence-electron chi connectivity index (χ2n) is 8.44. The minimum Gasteiger partial charge on any atom is -0.348 e. The van der Waals surface area contributed by atoms with E-state index in [1.165, 1.54) is 36.2 Å². The van der Waals surface area contributed by atoms with Crippen LogP contribution in [0.3, 0.4) is 0 Å². The Balaban J connectivity index is 1.52. The second-order valence-corrected chi connectivity index (χ2v) is 10.5. The zero-order chi connectivity index (χ0) is 21.0. The molecule has 5 nitrogen and oxygen atoms in total. The maximum atomic E-state index is 12.3. The quantitative estimate of drug-likeness (QED) is 0.786. The first kappa shape index (κ1) is 21.5. The van der Waals surface area contributed by atoms with Crippen LogP contribution in [-0.2, 0) is 22.9 Å². The van der Waals surface area contributed by atoms with Gasteiger partial charge in [0.15, 0.2) is 9.84 Å². The smallest absolute Gasteiger partial charge is 0.251 e. The monoisotopic (exact) mass is 414 g/mol. The largest absolute Gasteiger partial charge is 0.348 e. The fraction of sp³-hybridized carbons (Fsp3) is 0.435. The van der Waals surface area contributed by atoms with E-state index in [-0.39, 0.29) is 10.8 Å². The van der Waals surface area contributed by atoms with Gasteiger partial charge in [-0.15, -0.1) is 0 Å². The van der Waals surface area contributed by atoms with Crippen molar-refractivity contribution < 1.29 is 13.2 Å². The van der Waals surface area contributed by atoms with Crippen LogP contribution in [0.2, 0.25) is 0 Å². The first-order chi connectivity index (χ1) is 13.7. The van der Waals surface area contributed by atoms with Crippen molar-refractivity contribution in [3.63, 3.8) is 0 Å². The van der Waals surface area contributed by atoms with Crippen LogP contribution in [0.15, 0.2) is 53.4 Å². The van der Waals surface area contributed by atoms with Gasteiger partial charge in [-0.25, -0.2) is 8.42 Å². The van der Waals surface area contributed by atoms with E-state index in [1.807, 2.05) is 0 Å². The Labute approximate surface area is 174 Å². The molecular weight excluding hydrogens is 384 g/mol. The summed E-state index contributed by atoms with van der Waals surface area (Å²) in [5.74, 6) is 1.28. The lowest BCUT2D eigenvalue weighted by atomic mass is 9.91. The Morgan fingerprint density at radius 3 is 2.07 bits per heavy atom. The van der Waals surface area contributed by atoms with Crippen molar-refractivity contribution in [3.05, 3.63) is 65.2 Å². The molecule has 2 aromatic rings. The molecule has 0 radical (unpaired) electrons. The second kappa shape index (κ2) is 9.09. The van der Waals surface area contributed by atoms with E-state index in [9.17, 15) is 13.2 Å². The lowest BCUT2D eigenvalue weighted by Gasteiger charge is -2.35. The van der Waals surface area contributed by atoms with Crippen molar-refractivity contribution in [1.82, 2.24) is 10.2 Å². The minimum absolute atomic E-state index is 0.210. The number of amides is 1. The Kier molecular flexibility index (Phi) is 6.75. The molecule has 156 valence electrons.